The third-order valence-corrected chi connectivity index (χ3v) is 9.41. The van der Waals surface area contributed by atoms with E-state index >= 15 is 0 Å². The molecule has 4 rings (SSSR count). The van der Waals surface area contributed by atoms with Gasteiger partial charge in [-0.15, -0.1) is 25.7 Å². The maximum absolute atomic E-state index is 4.19. The van der Waals surface area contributed by atoms with Crippen LogP contribution < -0.4 is 0 Å². The average molecular weight is 601 g/mol. The zero-order valence-electron chi connectivity index (χ0n) is 26.0. The molecule has 0 radical (unpaired) electrons. The smallest absolute Gasteiger partial charge is 0.343 e. The first-order chi connectivity index (χ1) is 14.5. The molecule has 0 bridgehead atoms. The first-order valence-electron chi connectivity index (χ1n) is 13.2. The van der Waals surface area contributed by atoms with E-state index in [0.29, 0.717) is 28.1 Å². The molecule has 0 aromatic carbocycles. The molecule has 4 aliphatic carbocycles. The summed E-state index contributed by atoms with van der Waals surface area (Å²) in [7, 11) is 0. The van der Waals surface area contributed by atoms with E-state index in [0.717, 1.165) is 5.92 Å². The van der Waals surface area contributed by atoms with Crippen molar-refractivity contribution in [2.75, 3.05) is 0 Å². The maximum atomic E-state index is 4.19. The van der Waals surface area contributed by atoms with Crippen LogP contribution in [0.4, 0.5) is 0 Å². The van der Waals surface area contributed by atoms with Crippen molar-refractivity contribution in [3.8, 4) is 0 Å². The third-order valence-electron chi connectivity index (χ3n) is 9.41. The zero-order valence-corrected chi connectivity index (χ0v) is 34.8. The first kappa shape index (κ1) is 48.0. The Kier molecular flexibility index (Phi) is 28.9. The Morgan fingerprint density at radius 3 is 1.39 bits per heavy atom. The minimum atomic E-state index is 0. The standard InChI is InChI=1S/2C9H16.C8H14.C6H10.4Ca/c1-8(2)6-5-7-9(8,3)4;1-7-5-6-8(2)9(7,3)4;1-7-5-4-6-8(7,2)3;1-6-4-2-3-5-6;;;;/h2*7H,1,5-6H2,2-4H3;6-7H,1,4-5H2,2-3H3;2,6H,1,3-5H2;;;;/q4*-2;4*+2/t8-;2*7-;6-;;;;/m1001..../s1. The largest absolute Gasteiger partial charge is 2.00 e. The summed E-state index contributed by atoms with van der Waals surface area (Å²) in [5.41, 5.74) is 1.47. The van der Waals surface area contributed by atoms with Crippen molar-refractivity contribution in [1.29, 1.82) is 0 Å². The predicted molar refractivity (Wildman–Crippen MR) is 168 cm³/mol. The van der Waals surface area contributed by atoms with Gasteiger partial charge in [-0.05, 0) is 0 Å². The van der Waals surface area contributed by atoms with Crippen LogP contribution in [0.1, 0.15) is 113 Å². The third kappa shape index (κ3) is 16.2. The molecule has 0 aromatic heterocycles. The van der Waals surface area contributed by atoms with Gasteiger partial charge in [0.05, 0.1) is 0 Å². The van der Waals surface area contributed by atoms with Gasteiger partial charge < -0.3 is 52.9 Å². The fourth-order valence-electron chi connectivity index (χ4n) is 4.76. The van der Waals surface area contributed by atoms with Crippen molar-refractivity contribution in [1.82, 2.24) is 0 Å². The van der Waals surface area contributed by atoms with Crippen molar-refractivity contribution < 1.29 is 0 Å². The van der Waals surface area contributed by atoms with Gasteiger partial charge >= 0.3 is 151 Å². The minimum Gasteiger partial charge on any atom is -0.343 e. The van der Waals surface area contributed by atoms with Crippen molar-refractivity contribution in [3.05, 3.63) is 52.9 Å². The molecule has 4 heteroatoms. The summed E-state index contributed by atoms with van der Waals surface area (Å²) >= 11 is 0. The van der Waals surface area contributed by atoms with Crippen molar-refractivity contribution in [3.63, 3.8) is 0 Å². The summed E-state index contributed by atoms with van der Waals surface area (Å²) in [6, 6.07) is 0. The van der Waals surface area contributed by atoms with E-state index in [1.807, 2.05) is 0 Å². The van der Waals surface area contributed by atoms with E-state index in [1.54, 1.807) is 5.92 Å². The van der Waals surface area contributed by atoms with Crippen LogP contribution in [0, 0.1) is 92.3 Å². The van der Waals surface area contributed by atoms with Gasteiger partial charge in [-0.3, -0.25) is 0 Å². The molecule has 4 fully saturated rings. The van der Waals surface area contributed by atoms with Crippen molar-refractivity contribution in [2.24, 2.45) is 39.4 Å². The Morgan fingerprint density at radius 1 is 0.722 bits per heavy atom. The molecule has 4 saturated carbocycles. The Hall–Kier alpha value is 5.04. The Morgan fingerprint density at radius 2 is 1.28 bits per heavy atom. The van der Waals surface area contributed by atoms with Gasteiger partial charge in [-0.2, -0.15) is 72.0 Å². The van der Waals surface area contributed by atoms with E-state index in [1.165, 1.54) is 57.8 Å². The fourth-order valence-corrected chi connectivity index (χ4v) is 4.76. The molecule has 0 N–H and O–H groups in total. The maximum Gasteiger partial charge on any atom is 2.00 e. The van der Waals surface area contributed by atoms with E-state index < -0.39 is 0 Å². The second-order valence-corrected chi connectivity index (χ2v) is 13.0. The van der Waals surface area contributed by atoms with E-state index in [4.69, 9.17) is 0 Å². The molecule has 0 saturated heterocycles. The zero-order chi connectivity index (χ0) is 24.8. The van der Waals surface area contributed by atoms with Gasteiger partial charge in [0.15, 0.2) is 0 Å². The summed E-state index contributed by atoms with van der Waals surface area (Å²) in [4.78, 5) is 0. The van der Waals surface area contributed by atoms with Crippen LogP contribution >= 0.6 is 0 Å². The van der Waals surface area contributed by atoms with Crippen LogP contribution in [0.3, 0.4) is 0 Å². The van der Waals surface area contributed by atoms with E-state index in [9.17, 15) is 0 Å². The summed E-state index contributed by atoms with van der Waals surface area (Å²) in [5.74, 6) is 3.67. The minimum absolute atomic E-state index is 0. The van der Waals surface area contributed by atoms with E-state index in [-0.39, 0.29) is 156 Å². The molecule has 4 atom stereocenters. The SMILES string of the molecule is [CH2-][C@@H]1C[CH-]CC1.[CH2-][C@@]1(C)CC[CH-]C1(C)C.[CH2-][C@H]1CC[C-](C)C1(C)C.[CH2-][C@H]1CC[CH-]C1(C)C.[Ca+2].[Ca+2].[Ca+2].[Ca+2]. The van der Waals surface area contributed by atoms with Crippen LogP contribution in [0.2, 0.25) is 0 Å². The van der Waals surface area contributed by atoms with E-state index in [2.05, 4.69) is 102 Å². The molecular weight excluding hydrogens is 545 g/mol. The summed E-state index contributed by atoms with van der Waals surface area (Å²) < 4.78 is 0. The average Bonchev–Trinajstić information content (AvgIpc) is 3.39. The summed E-state index contributed by atoms with van der Waals surface area (Å²) in [5, 5.41) is 0. The number of hydrogen-bond donors (Lipinski definition) is 0. The van der Waals surface area contributed by atoms with Gasteiger partial charge in [-0.25, -0.2) is 6.42 Å². The molecule has 4 aliphatic rings. The predicted octanol–water partition coefficient (Wildman–Crippen LogP) is 8.46. The van der Waals surface area contributed by atoms with Crippen LogP contribution in [-0.4, -0.2) is 151 Å². The molecule has 0 spiro atoms. The van der Waals surface area contributed by atoms with Crippen LogP contribution in [-0.2, 0) is 0 Å². The van der Waals surface area contributed by atoms with Crippen LogP contribution in [0.25, 0.3) is 0 Å². The fraction of sp³-hybridized carbons (Fsp3) is 0.750. The Labute approximate surface area is 350 Å². The van der Waals surface area contributed by atoms with Crippen molar-refractivity contribution >= 4 is 151 Å². The topological polar surface area (TPSA) is 0 Å². The molecule has 36 heavy (non-hydrogen) atoms. The van der Waals surface area contributed by atoms with Crippen LogP contribution in [0.15, 0.2) is 0 Å². The molecule has 0 nitrogen and oxygen atoms in total. The molecular formula is C32H56Ca4. The van der Waals surface area contributed by atoms with Crippen molar-refractivity contribution in [2.45, 2.75) is 113 Å². The van der Waals surface area contributed by atoms with Gasteiger partial charge in [0.25, 0.3) is 0 Å². The second kappa shape index (κ2) is 21.7. The second-order valence-electron chi connectivity index (χ2n) is 13.0. The number of hydrogen-bond acceptors (Lipinski definition) is 0. The summed E-state index contributed by atoms with van der Waals surface area (Å²) in [6.45, 7) is 34.4. The monoisotopic (exact) mass is 600 g/mol. The van der Waals surface area contributed by atoms with Gasteiger partial charge in [0.1, 0.15) is 0 Å². The first-order valence-corrected chi connectivity index (χ1v) is 13.2. The molecule has 0 amide bonds. The van der Waals surface area contributed by atoms with Gasteiger partial charge in [0, 0.05) is 0 Å². The normalized spacial score (nSPS) is 32.8. The van der Waals surface area contributed by atoms with Gasteiger partial charge in [-0.1, -0.05) is 48.5 Å². The van der Waals surface area contributed by atoms with Crippen LogP contribution in [0.5, 0.6) is 0 Å². The Balaban J connectivity index is -0.000000184. The van der Waals surface area contributed by atoms with Gasteiger partial charge in [0.2, 0.25) is 0 Å². The molecule has 0 aliphatic heterocycles. The Bertz CT molecular complexity index is 504. The quantitative estimate of drug-likeness (QED) is 0.193. The summed E-state index contributed by atoms with van der Waals surface area (Å²) in [6.07, 6.45) is 18.6. The number of rotatable bonds is 0. The molecule has 0 unspecified atom stereocenters. The molecule has 192 valence electrons. The molecule has 0 heterocycles. The molecule has 0 aromatic rings.